The molecule has 20 heavy (non-hydrogen) atoms. The number of carbonyl (C=O) groups excluding carboxylic acids is 1. The number of benzene rings is 1. The van der Waals surface area contributed by atoms with Crippen molar-refractivity contribution in [2.24, 2.45) is 5.73 Å². The van der Waals surface area contributed by atoms with E-state index in [0.29, 0.717) is 12.2 Å². The summed E-state index contributed by atoms with van der Waals surface area (Å²) < 4.78 is 15.3. The maximum Gasteiger partial charge on any atom is 0.373 e. The summed E-state index contributed by atoms with van der Waals surface area (Å²) in [5.41, 5.74) is 7.09. The van der Waals surface area contributed by atoms with E-state index < -0.39 is 5.97 Å². The molecule has 0 radical (unpaired) electrons. The van der Waals surface area contributed by atoms with Crippen molar-refractivity contribution in [3.63, 3.8) is 0 Å². The number of hydrogen-bond acceptors (Lipinski definition) is 5. The summed E-state index contributed by atoms with van der Waals surface area (Å²) in [6.45, 7) is 0. The Morgan fingerprint density at radius 1 is 1.25 bits per heavy atom. The third-order valence-corrected chi connectivity index (χ3v) is 3.01. The molecule has 1 aromatic heterocycles. The van der Waals surface area contributed by atoms with E-state index in [1.54, 1.807) is 19.2 Å². The number of furan rings is 1. The molecule has 0 aliphatic rings. The Hall–Kier alpha value is -2.27. The van der Waals surface area contributed by atoms with Crippen molar-refractivity contribution in [2.75, 3.05) is 14.2 Å². The van der Waals surface area contributed by atoms with Crippen LogP contribution in [0.4, 0.5) is 0 Å². The van der Waals surface area contributed by atoms with Crippen molar-refractivity contribution in [1.29, 1.82) is 0 Å². The monoisotopic (exact) mass is 275 g/mol. The number of methoxy groups -OCH3 is 2. The third-order valence-electron chi connectivity index (χ3n) is 3.01. The molecule has 106 valence electrons. The van der Waals surface area contributed by atoms with Crippen LogP contribution in [0.25, 0.3) is 0 Å². The van der Waals surface area contributed by atoms with Gasteiger partial charge in [-0.3, -0.25) is 0 Å². The maximum atomic E-state index is 11.3. The third kappa shape index (κ3) is 3.00. The minimum absolute atomic E-state index is 0.151. The van der Waals surface area contributed by atoms with Gasteiger partial charge in [-0.2, -0.15) is 0 Å². The van der Waals surface area contributed by atoms with Crippen LogP contribution in [0.2, 0.25) is 0 Å². The van der Waals surface area contributed by atoms with Gasteiger partial charge in [0, 0.05) is 0 Å². The first-order chi connectivity index (χ1) is 9.65. The van der Waals surface area contributed by atoms with Gasteiger partial charge in [-0.1, -0.05) is 18.2 Å². The Bertz CT molecular complexity index is 591. The Morgan fingerprint density at radius 3 is 2.70 bits per heavy atom. The summed E-state index contributed by atoms with van der Waals surface area (Å²) in [5, 5.41) is 0. The molecule has 0 aliphatic carbocycles. The molecule has 1 heterocycles. The number of carbonyl (C=O) groups is 1. The Labute approximate surface area is 117 Å². The van der Waals surface area contributed by atoms with Gasteiger partial charge in [0.2, 0.25) is 5.76 Å². The fraction of sp³-hybridized carbons (Fsp3) is 0.267. The molecule has 1 aromatic carbocycles. The van der Waals surface area contributed by atoms with Gasteiger partial charge in [-0.15, -0.1) is 0 Å². The highest BCUT2D eigenvalue weighted by Crippen LogP contribution is 2.24. The normalized spacial score (nSPS) is 11.9. The number of rotatable bonds is 5. The lowest BCUT2D eigenvalue weighted by atomic mass is 10.0. The molecule has 0 aliphatic heterocycles. The Kier molecular flexibility index (Phi) is 4.42. The average molecular weight is 275 g/mol. The van der Waals surface area contributed by atoms with E-state index in [2.05, 4.69) is 4.74 Å². The van der Waals surface area contributed by atoms with E-state index in [1.807, 2.05) is 24.3 Å². The fourth-order valence-electron chi connectivity index (χ4n) is 1.97. The second-order valence-corrected chi connectivity index (χ2v) is 4.32. The standard InChI is InChI=1S/C15H17NO4/c1-18-12-6-4-3-5-10(12)9-11(16)13-7-8-14(20-13)15(17)19-2/h3-8,11H,9,16H2,1-2H3. The highest BCUT2D eigenvalue weighted by molar-refractivity contribution is 5.86. The second kappa shape index (κ2) is 6.25. The van der Waals surface area contributed by atoms with Gasteiger partial charge in [-0.25, -0.2) is 4.79 Å². The first kappa shape index (κ1) is 14.1. The van der Waals surface area contributed by atoms with E-state index in [4.69, 9.17) is 14.9 Å². The summed E-state index contributed by atoms with van der Waals surface area (Å²) in [7, 11) is 2.92. The van der Waals surface area contributed by atoms with E-state index in [-0.39, 0.29) is 11.8 Å². The van der Waals surface area contributed by atoms with E-state index in [0.717, 1.165) is 11.3 Å². The van der Waals surface area contributed by atoms with E-state index in [9.17, 15) is 4.79 Å². The molecule has 1 unspecified atom stereocenters. The molecule has 2 rings (SSSR count). The molecule has 5 nitrogen and oxygen atoms in total. The molecule has 1 atom stereocenters. The van der Waals surface area contributed by atoms with Crippen LogP contribution in [0.3, 0.4) is 0 Å². The molecule has 2 N–H and O–H groups in total. The summed E-state index contributed by atoms with van der Waals surface area (Å²) >= 11 is 0. The predicted octanol–water partition coefficient (Wildman–Crippen LogP) is 2.32. The quantitative estimate of drug-likeness (QED) is 0.847. The van der Waals surface area contributed by atoms with Crippen LogP contribution in [-0.4, -0.2) is 20.2 Å². The molecule has 0 saturated heterocycles. The molecule has 0 fully saturated rings. The van der Waals surface area contributed by atoms with Crippen LogP contribution >= 0.6 is 0 Å². The lowest BCUT2D eigenvalue weighted by Gasteiger charge is -2.12. The van der Waals surface area contributed by atoms with Crippen molar-refractivity contribution in [3.8, 4) is 5.75 Å². The Morgan fingerprint density at radius 2 is 2.00 bits per heavy atom. The van der Waals surface area contributed by atoms with Gasteiger partial charge in [0.1, 0.15) is 11.5 Å². The number of nitrogens with two attached hydrogens (primary N) is 1. The van der Waals surface area contributed by atoms with E-state index in [1.165, 1.54) is 7.11 Å². The zero-order chi connectivity index (χ0) is 14.5. The summed E-state index contributed by atoms with van der Waals surface area (Å²) in [4.78, 5) is 11.3. The summed E-state index contributed by atoms with van der Waals surface area (Å²) in [5.74, 6) is 0.956. The van der Waals surface area contributed by atoms with Crippen LogP contribution in [0.5, 0.6) is 5.75 Å². The molecule has 0 spiro atoms. The topological polar surface area (TPSA) is 74.7 Å². The lowest BCUT2D eigenvalue weighted by molar-refractivity contribution is 0.0562. The van der Waals surface area contributed by atoms with Crippen molar-refractivity contribution >= 4 is 5.97 Å². The SMILES string of the molecule is COC(=O)c1ccc(C(N)Cc2ccccc2OC)o1. The van der Waals surface area contributed by atoms with Crippen molar-refractivity contribution in [1.82, 2.24) is 0 Å². The van der Waals surface area contributed by atoms with Crippen molar-refractivity contribution in [2.45, 2.75) is 12.5 Å². The second-order valence-electron chi connectivity index (χ2n) is 4.32. The van der Waals surface area contributed by atoms with Crippen LogP contribution in [0, 0.1) is 0 Å². The average Bonchev–Trinajstić information content (AvgIpc) is 2.97. The van der Waals surface area contributed by atoms with Crippen molar-refractivity contribution < 1.29 is 18.7 Å². The van der Waals surface area contributed by atoms with Crippen LogP contribution < -0.4 is 10.5 Å². The molecule has 2 aromatic rings. The molecule has 0 amide bonds. The number of ether oxygens (including phenoxy) is 2. The first-order valence-electron chi connectivity index (χ1n) is 6.21. The van der Waals surface area contributed by atoms with Gasteiger partial charge in [0.25, 0.3) is 0 Å². The predicted molar refractivity (Wildman–Crippen MR) is 73.7 cm³/mol. The van der Waals surface area contributed by atoms with Gasteiger partial charge < -0.3 is 19.6 Å². The number of para-hydroxylation sites is 1. The first-order valence-corrected chi connectivity index (χ1v) is 6.21. The van der Waals surface area contributed by atoms with Crippen LogP contribution in [-0.2, 0) is 11.2 Å². The highest BCUT2D eigenvalue weighted by Gasteiger charge is 2.17. The maximum absolute atomic E-state index is 11.3. The zero-order valence-electron chi connectivity index (χ0n) is 11.5. The minimum Gasteiger partial charge on any atom is -0.496 e. The Balaban J connectivity index is 2.13. The van der Waals surface area contributed by atoms with Crippen LogP contribution in [0.1, 0.15) is 27.9 Å². The van der Waals surface area contributed by atoms with Crippen molar-refractivity contribution in [3.05, 3.63) is 53.5 Å². The number of hydrogen-bond donors (Lipinski definition) is 1. The fourth-order valence-corrected chi connectivity index (χ4v) is 1.97. The smallest absolute Gasteiger partial charge is 0.373 e. The van der Waals surface area contributed by atoms with Gasteiger partial charge in [-0.05, 0) is 30.2 Å². The van der Waals surface area contributed by atoms with E-state index >= 15 is 0 Å². The van der Waals surface area contributed by atoms with Gasteiger partial charge in [0.15, 0.2) is 0 Å². The molecular weight excluding hydrogens is 258 g/mol. The van der Waals surface area contributed by atoms with Crippen LogP contribution in [0.15, 0.2) is 40.8 Å². The summed E-state index contributed by atoms with van der Waals surface area (Å²) in [6, 6.07) is 10.5. The van der Waals surface area contributed by atoms with Gasteiger partial charge in [0.05, 0.1) is 20.3 Å². The lowest BCUT2D eigenvalue weighted by Crippen LogP contribution is -2.13. The molecule has 0 saturated carbocycles. The minimum atomic E-state index is -0.513. The highest BCUT2D eigenvalue weighted by atomic mass is 16.5. The van der Waals surface area contributed by atoms with Gasteiger partial charge >= 0.3 is 5.97 Å². The summed E-state index contributed by atoms with van der Waals surface area (Å²) in [6.07, 6.45) is 0.554. The molecular formula is C15H17NO4. The molecule has 0 bridgehead atoms. The molecule has 5 heteroatoms. The number of esters is 1. The largest absolute Gasteiger partial charge is 0.496 e. The zero-order valence-corrected chi connectivity index (χ0v) is 11.5.